The van der Waals surface area contributed by atoms with Gasteiger partial charge in [-0.1, -0.05) is 0 Å². The Bertz CT molecular complexity index is 457. The van der Waals surface area contributed by atoms with Crippen LogP contribution in [0.5, 0.6) is 0 Å². The van der Waals surface area contributed by atoms with Crippen LogP contribution in [-0.4, -0.2) is 33.3 Å². The number of hydrogen-bond donors (Lipinski definition) is 1. The number of hydrogen-bond acceptors (Lipinski definition) is 5. The molecule has 96 valence electrons. The smallest absolute Gasteiger partial charge is 0.304 e. The number of nitro benzene ring substituents is 1. The molecular weight excluding hydrogens is 258 g/mol. The average molecular weight is 269 g/mol. The lowest BCUT2D eigenvalue weighted by Gasteiger charge is -2.00. The van der Waals surface area contributed by atoms with Gasteiger partial charge in [-0.15, -0.1) is 0 Å². The van der Waals surface area contributed by atoms with Gasteiger partial charge in [0, 0.05) is 23.4 Å². The summed E-state index contributed by atoms with van der Waals surface area (Å²) in [6.45, 7) is 0. The molecule has 0 bridgehead atoms. The van der Waals surface area contributed by atoms with Gasteiger partial charge >= 0.3 is 5.97 Å². The Morgan fingerprint density at radius 2 is 1.89 bits per heavy atom. The van der Waals surface area contributed by atoms with Crippen LogP contribution in [0.1, 0.15) is 16.8 Å². The highest BCUT2D eigenvalue weighted by atomic mass is 32.2. The van der Waals surface area contributed by atoms with Crippen molar-refractivity contribution in [3.63, 3.8) is 0 Å². The van der Waals surface area contributed by atoms with E-state index in [2.05, 4.69) is 0 Å². The number of nitrogens with zero attached hydrogens (tertiary/aromatic N) is 1. The van der Waals surface area contributed by atoms with E-state index in [0.29, 0.717) is 11.3 Å². The normalized spacial score (nSPS) is 10.0. The van der Waals surface area contributed by atoms with Crippen molar-refractivity contribution in [3.05, 3.63) is 39.9 Å². The number of thioether (sulfide) groups is 1. The number of carbonyl (C=O) groups is 2. The molecule has 1 N–H and O–H groups in total. The maximum Gasteiger partial charge on any atom is 0.304 e. The van der Waals surface area contributed by atoms with Crippen LogP contribution in [-0.2, 0) is 4.79 Å². The fraction of sp³-hybridized carbons (Fsp3) is 0.273. The van der Waals surface area contributed by atoms with Gasteiger partial charge in [-0.05, 0) is 12.1 Å². The molecule has 7 heteroatoms. The molecule has 0 heterocycles. The highest BCUT2D eigenvalue weighted by Gasteiger charge is 2.09. The number of ketones is 1. The van der Waals surface area contributed by atoms with Crippen molar-refractivity contribution in [1.82, 2.24) is 0 Å². The van der Waals surface area contributed by atoms with Crippen molar-refractivity contribution in [2.75, 3.05) is 11.5 Å². The molecule has 18 heavy (non-hydrogen) atoms. The van der Waals surface area contributed by atoms with Gasteiger partial charge in [-0.3, -0.25) is 19.7 Å². The van der Waals surface area contributed by atoms with Crippen LogP contribution in [0.2, 0.25) is 0 Å². The number of aliphatic carboxylic acids is 1. The van der Waals surface area contributed by atoms with Crippen molar-refractivity contribution >= 4 is 29.2 Å². The summed E-state index contributed by atoms with van der Waals surface area (Å²) < 4.78 is 0. The number of carboxylic acids is 1. The van der Waals surface area contributed by atoms with Crippen LogP contribution >= 0.6 is 11.8 Å². The maximum absolute atomic E-state index is 11.6. The Kier molecular flexibility index (Phi) is 5.31. The minimum atomic E-state index is -0.898. The zero-order chi connectivity index (χ0) is 13.5. The molecule has 0 saturated carbocycles. The summed E-state index contributed by atoms with van der Waals surface area (Å²) in [6, 6.07) is 5.35. The van der Waals surface area contributed by atoms with Gasteiger partial charge < -0.3 is 5.11 Å². The zero-order valence-electron chi connectivity index (χ0n) is 9.37. The first-order chi connectivity index (χ1) is 8.50. The maximum atomic E-state index is 11.6. The lowest BCUT2D eigenvalue weighted by atomic mass is 10.1. The molecule has 0 fully saturated rings. The third-order valence-electron chi connectivity index (χ3n) is 2.09. The van der Waals surface area contributed by atoms with Crippen LogP contribution < -0.4 is 0 Å². The van der Waals surface area contributed by atoms with E-state index in [-0.39, 0.29) is 23.6 Å². The van der Waals surface area contributed by atoms with Crippen molar-refractivity contribution in [2.45, 2.75) is 6.42 Å². The SMILES string of the molecule is O=C(O)CCSCC(=O)c1ccc([N+](=O)[O-])cc1. The molecule has 0 unspecified atom stereocenters. The van der Waals surface area contributed by atoms with E-state index in [4.69, 9.17) is 5.11 Å². The summed E-state index contributed by atoms with van der Waals surface area (Å²) >= 11 is 1.23. The van der Waals surface area contributed by atoms with Crippen molar-refractivity contribution in [3.8, 4) is 0 Å². The predicted octanol–water partition coefficient (Wildman–Crippen LogP) is 1.99. The van der Waals surface area contributed by atoms with Gasteiger partial charge in [0.25, 0.3) is 5.69 Å². The van der Waals surface area contributed by atoms with Crippen molar-refractivity contribution in [1.29, 1.82) is 0 Å². The predicted molar refractivity (Wildman–Crippen MR) is 67.0 cm³/mol. The Balaban J connectivity index is 2.46. The molecule has 0 atom stereocenters. The van der Waals surface area contributed by atoms with Crippen LogP contribution in [0, 0.1) is 10.1 Å². The van der Waals surface area contributed by atoms with E-state index in [1.165, 1.54) is 36.0 Å². The molecule has 0 aliphatic rings. The number of carboxylic acid groups (broad SMARTS) is 1. The van der Waals surface area contributed by atoms with Gasteiger partial charge in [0.05, 0.1) is 17.1 Å². The van der Waals surface area contributed by atoms with Crippen LogP contribution in [0.15, 0.2) is 24.3 Å². The number of non-ortho nitro benzene ring substituents is 1. The number of benzene rings is 1. The minimum Gasteiger partial charge on any atom is -0.481 e. The first kappa shape index (κ1) is 14.2. The lowest BCUT2D eigenvalue weighted by molar-refractivity contribution is -0.384. The van der Waals surface area contributed by atoms with Crippen molar-refractivity contribution < 1.29 is 19.6 Å². The van der Waals surface area contributed by atoms with E-state index in [9.17, 15) is 19.7 Å². The quantitative estimate of drug-likeness (QED) is 0.352. The Hall–Kier alpha value is -1.89. The van der Waals surface area contributed by atoms with Gasteiger partial charge in [-0.2, -0.15) is 11.8 Å². The number of carbonyl (C=O) groups excluding carboxylic acids is 1. The monoisotopic (exact) mass is 269 g/mol. The Morgan fingerprint density at radius 1 is 1.28 bits per heavy atom. The van der Waals surface area contributed by atoms with E-state index in [1.54, 1.807) is 0 Å². The second-order valence-electron chi connectivity index (χ2n) is 3.42. The van der Waals surface area contributed by atoms with Crippen LogP contribution in [0.25, 0.3) is 0 Å². The second kappa shape index (κ2) is 6.75. The summed E-state index contributed by atoms with van der Waals surface area (Å²) in [4.78, 5) is 31.8. The van der Waals surface area contributed by atoms with Crippen LogP contribution in [0.4, 0.5) is 5.69 Å². The van der Waals surface area contributed by atoms with Gasteiger partial charge in [0.2, 0.25) is 0 Å². The van der Waals surface area contributed by atoms with Crippen LogP contribution in [0.3, 0.4) is 0 Å². The van der Waals surface area contributed by atoms with E-state index in [1.807, 2.05) is 0 Å². The van der Waals surface area contributed by atoms with Gasteiger partial charge in [-0.25, -0.2) is 0 Å². The molecule has 0 saturated heterocycles. The second-order valence-corrected chi connectivity index (χ2v) is 4.53. The summed E-state index contributed by atoms with van der Waals surface area (Å²) in [6.07, 6.45) is 0.0121. The Morgan fingerprint density at radius 3 is 2.39 bits per heavy atom. The minimum absolute atomic E-state index is 0.0121. The van der Waals surface area contributed by atoms with E-state index >= 15 is 0 Å². The topological polar surface area (TPSA) is 97.5 Å². The molecule has 0 amide bonds. The lowest BCUT2D eigenvalue weighted by Crippen LogP contribution is -2.04. The third-order valence-corrected chi connectivity index (χ3v) is 3.05. The van der Waals surface area contributed by atoms with E-state index in [0.717, 1.165) is 0 Å². The molecule has 6 nitrogen and oxygen atoms in total. The molecular formula is C11H11NO5S. The first-order valence-corrected chi connectivity index (χ1v) is 6.23. The molecule has 1 aromatic carbocycles. The van der Waals surface area contributed by atoms with Gasteiger partial charge in [0.1, 0.15) is 0 Å². The van der Waals surface area contributed by atoms with Crippen molar-refractivity contribution in [2.24, 2.45) is 0 Å². The molecule has 0 aromatic heterocycles. The number of Topliss-reactive ketones (excluding diaryl/α,β-unsaturated/α-hetero) is 1. The highest BCUT2D eigenvalue weighted by Crippen LogP contribution is 2.14. The third kappa shape index (κ3) is 4.54. The summed E-state index contributed by atoms with van der Waals surface area (Å²) in [7, 11) is 0. The van der Waals surface area contributed by atoms with E-state index < -0.39 is 10.9 Å². The molecule has 0 radical (unpaired) electrons. The summed E-state index contributed by atoms with van der Waals surface area (Å²) in [5.41, 5.74) is 0.327. The Labute approximate surface area is 107 Å². The zero-order valence-corrected chi connectivity index (χ0v) is 10.2. The fourth-order valence-electron chi connectivity index (χ4n) is 1.18. The fourth-order valence-corrected chi connectivity index (χ4v) is 1.99. The van der Waals surface area contributed by atoms with Gasteiger partial charge in [0.15, 0.2) is 5.78 Å². The number of nitro groups is 1. The molecule has 1 aromatic rings. The molecule has 1 rings (SSSR count). The summed E-state index contributed by atoms with van der Waals surface area (Å²) in [5, 5.41) is 18.8. The largest absolute Gasteiger partial charge is 0.481 e. The average Bonchev–Trinajstić information content (AvgIpc) is 2.34. The molecule has 0 spiro atoms. The number of rotatable bonds is 7. The highest BCUT2D eigenvalue weighted by molar-refractivity contribution is 8.00. The summed E-state index contributed by atoms with van der Waals surface area (Å²) in [5.74, 6) is -0.523. The standard InChI is InChI=1S/C11H11NO5S/c13-10(7-18-6-5-11(14)15)8-1-3-9(4-2-8)12(16)17/h1-4H,5-7H2,(H,14,15). The molecule has 0 aliphatic carbocycles. The molecule has 0 aliphatic heterocycles. The first-order valence-electron chi connectivity index (χ1n) is 5.08.